The van der Waals surface area contributed by atoms with Crippen LogP contribution in [0.3, 0.4) is 0 Å². The van der Waals surface area contributed by atoms with Crippen molar-refractivity contribution in [1.82, 2.24) is 4.90 Å². The van der Waals surface area contributed by atoms with Crippen LogP contribution in [-0.2, 0) is 0 Å². The van der Waals surface area contributed by atoms with Gasteiger partial charge < -0.3 is 4.90 Å². The molecule has 0 aromatic carbocycles. The van der Waals surface area contributed by atoms with Crippen molar-refractivity contribution in [3.8, 4) is 0 Å². The van der Waals surface area contributed by atoms with Gasteiger partial charge in [-0.2, -0.15) is 0 Å². The fraction of sp³-hybridized carbons (Fsp3) is 1.00. The van der Waals surface area contributed by atoms with Gasteiger partial charge in [0.25, 0.3) is 0 Å². The maximum absolute atomic E-state index is 2.57. The molecule has 0 rings (SSSR count). The first-order chi connectivity index (χ1) is 8.67. The smallest absolute Gasteiger partial charge is 0.000651 e. The Labute approximate surface area is 116 Å². The van der Waals surface area contributed by atoms with Crippen molar-refractivity contribution in [3.05, 3.63) is 0 Å². The van der Waals surface area contributed by atoms with Gasteiger partial charge in [0.1, 0.15) is 0 Å². The van der Waals surface area contributed by atoms with Crippen molar-refractivity contribution in [3.63, 3.8) is 0 Å². The molecule has 0 N–H and O–H groups in total. The van der Waals surface area contributed by atoms with Crippen molar-refractivity contribution >= 4 is 0 Å². The lowest BCUT2D eigenvalue weighted by atomic mass is 9.96. The molecule has 110 valence electrons. The predicted octanol–water partition coefficient (Wildman–Crippen LogP) is 5.35. The van der Waals surface area contributed by atoms with Crippen LogP contribution in [0.4, 0.5) is 0 Å². The van der Waals surface area contributed by atoms with Crippen LogP contribution < -0.4 is 0 Å². The molecule has 2 atom stereocenters. The molecule has 0 saturated carbocycles. The van der Waals surface area contributed by atoms with E-state index < -0.39 is 0 Å². The van der Waals surface area contributed by atoms with E-state index in [0.717, 1.165) is 11.8 Å². The minimum Gasteiger partial charge on any atom is -0.306 e. The Morgan fingerprint density at radius 3 is 1.94 bits per heavy atom. The Kier molecular flexibility index (Phi) is 12.0. The summed E-state index contributed by atoms with van der Waals surface area (Å²) in [5.74, 6) is 1.87. The van der Waals surface area contributed by atoms with Crippen LogP contribution in [0.2, 0.25) is 0 Å². The lowest BCUT2D eigenvalue weighted by Gasteiger charge is -2.25. The van der Waals surface area contributed by atoms with E-state index in [4.69, 9.17) is 0 Å². The van der Waals surface area contributed by atoms with Gasteiger partial charge >= 0.3 is 0 Å². The highest BCUT2D eigenvalue weighted by Gasteiger charge is 2.11. The van der Waals surface area contributed by atoms with Gasteiger partial charge in [0.2, 0.25) is 0 Å². The van der Waals surface area contributed by atoms with Gasteiger partial charge in [0, 0.05) is 6.54 Å². The van der Waals surface area contributed by atoms with Gasteiger partial charge in [-0.1, -0.05) is 66.2 Å². The maximum atomic E-state index is 2.57. The summed E-state index contributed by atoms with van der Waals surface area (Å²) < 4.78 is 0. The summed E-state index contributed by atoms with van der Waals surface area (Å²) in [7, 11) is 2.31. The predicted molar refractivity (Wildman–Crippen MR) is 84.1 cm³/mol. The lowest BCUT2D eigenvalue weighted by Crippen LogP contribution is -2.27. The molecule has 0 aromatic rings. The SMILES string of the molecule is CCCCC(CC)CN(C)CCC(CC)CCC. The van der Waals surface area contributed by atoms with Crippen LogP contribution in [0.25, 0.3) is 0 Å². The van der Waals surface area contributed by atoms with Crippen LogP contribution in [0.15, 0.2) is 0 Å². The number of hydrogen-bond acceptors (Lipinski definition) is 1. The summed E-state index contributed by atoms with van der Waals surface area (Å²) in [5.41, 5.74) is 0. The summed E-state index contributed by atoms with van der Waals surface area (Å²) in [5, 5.41) is 0. The Hall–Kier alpha value is -0.0400. The highest BCUT2D eigenvalue weighted by atomic mass is 15.1. The fourth-order valence-electron chi connectivity index (χ4n) is 2.81. The number of rotatable bonds is 12. The van der Waals surface area contributed by atoms with Crippen molar-refractivity contribution in [2.24, 2.45) is 11.8 Å². The molecule has 2 unspecified atom stereocenters. The molecule has 0 aliphatic carbocycles. The monoisotopic (exact) mass is 255 g/mol. The first kappa shape index (κ1) is 18.0. The van der Waals surface area contributed by atoms with E-state index in [1.54, 1.807) is 0 Å². The molecule has 1 heteroatoms. The van der Waals surface area contributed by atoms with Crippen LogP contribution in [-0.4, -0.2) is 25.0 Å². The molecule has 0 radical (unpaired) electrons. The van der Waals surface area contributed by atoms with Gasteiger partial charge in [-0.3, -0.25) is 0 Å². The zero-order valence-electron chi connectivity index (χ0n) is 13.7. The number of hydrogen-bond donors (Lipinski definition) is 0. The Morgan fingerprint density at radius 1 is 0.778 bits per heavy atom. The molecule has 0 aromatic heterocycles. The van der Waals surface area contributed by atoms with Gasteiger partial charge in [-0.15, -0.1) is 0 Å². The molecule has 0 spiro atoms. The van der Waals surface area contributed by atoms with Gasteiger partial charge in [-0.05, 0) is 38.3 Å². The Bertz CT molecular complexity index is 167. The quantitative estimate of drug-likeness (QED) is 0.454. The highest BCUT2D eigenvalue weighted by Crippen LogP contribution is 2.17. The first-order valence-corrected chi connectivity index (χ1v) is 8.36. The van der Waals surface area contributed by atoms with E-state index in [0.29, 0.717) is 0 Å². The number of nitrogens with zero attached hydrogens (tertiary/aromatic N) is 1. The van der Waals surface area contributed by atoms with Gasteiger partial charge in [0.15, 0.2) is 0 Å². The van der Waals surface area contributed by atoms with Crippen molar-refractivity contribution in [2.75, 3.05) is 20.1 Å². The van der Waals surface area contributed by atoms with Crippen LogP contribution in [0.5, 0.6) is 0 Å². The molecule has 0 aliphatic rings. The normalized spacial score (nSPS) is 15.0. The highest BCUT2D eigenvalue weighted by molar-refractivity contribution is 4.65. The Balaban J connectivity index is 3.81. The van der Waals surface area contributed by atoms with E-state index >= 15 is 0 Å². The van der Waals surface area contributed by atoms with E-state index in [-0.39, 0.29) is 0 Å². The van der Waals surface area contributed by atoms with Crippen molar-refractivity contribution in [2.45, 2.75) is 79.1 Å². The summed E-state index contributed by atoms with van der Waals surface area (Å²) in [4.78, 5) is 2.57. The molecule has 0 bridgehead atoms. The third kappa shape index (κ3) is 8.97. The zero-order chi connectivity index (χ0) is 13.8. The molecule has 0 amide bonds. The van der Waals surface area contributed by atoms with Crippen LogP contribution >= 0.6 is 0 Å². The summed E-state index contributed by atoms with van der Waals surface area (Å²) >= 11 is 0. The summed E-state index contributed by atoms with van der Waals surface area (Å²) in [6.07, 6.45) is 11.0. The van der Waals surface area contributed by atoms with Crippen molar-refractivity contribution in [1.29, 1.82) is 0 Å². The second kappa shape index (κ2) is 12.0. The average molecular weight is 255 g/mol. The molecular formula is C17H37N. The zero-order valence-corrected chi connectivity index (χ0v) is 13.7. The standard InChI is InChI=1S/C17H37N/c1-6-10-12-17(9-4)15-18(5)14-13-16(8-3)11-7-2/h16-17H,6-15H2,1-5H3. The van der Waals surface area contributed by atoms with Gasteiger partial charge in [0.05, 0.1) is 0 Å². The first-order valence-electron chi connectivity index (χ1n) is 8.36. The molecular weight excluding hydrogens is 218 g/mol. The second-order valence-electron chi connectivity index (χ2n) is 6.03. The molecule has 1 nitrogen and oxygen atoms in total. The fourth-order valence-corrected chi connectivity index (χ4v) is 2.81. The molecule has 0 fully saturated rings. The topological polar surface area (TPSA) is 3.24 Å². The third-order valence-electron chi connectivity index (χ3n) is 4.31. The maximum Gasteiger partial charge on any atom is 0.000651 e. The largest absolute Gasteiger partial charge is 0.306 e. The van der Waals surface area contributed by atoms with Crippen LogP contribution in [0.1, 0.15) is 79.1 Å². The van der Waals surface area contributed by atoms with E-state index in [2.05, 4.69) is 39.6 Å². The lowest BCUT2D eigenvalue weighted by molar-refractivity contribution is 0.238. The van der Waals surface area contributed by atoms with Crippen LogP contribution in [0, 0.1) is 11.8 Å². The number of unbranched alkanes of at least 4 members (excludes halogenated alkanes) is 1. The average Bonchev–Trinajstić information content (AvgIpc) is 2.39. The van der Waals surface area contributed by atoms with Crippen molar-refractivity contribution < 1.29 is 0 Å². The summed E-state index contributed by atoms with van der Waals surface area (Å²) in [6.45, 7) is 11.9. The third-order valence-corrected chi connectivity index (χ3v) is 4.31. The van der Waals surface area contributed by atoms with E-state index in [1.807, 2.05) is 0 Å². The van der Waals surface area contributed by atoms with Gasteiger partial charge in [-0.25, -0.2) is 0 Å². The molecule has 0 aliphatic heterocycles. The minimum atomic E-state index is 0.918. The molecule has 0 saturated heterocycles. The summed E-state index contributed by atoms with van der Waals surface area (Å²) in [6, 6.07) is 0. The molecule has 18 heavy (non-hydrogen) atoms. The molecule has 0 heterocycles. The minimum absolute atomic E-state index is 0.918. The van der Waals surface area contributed by atoms with E-state index in [9.17, 15) is 0 Å². The Morgan fingerprint density at radius 2 is 1.44 bits per heavy atom. The van der Waals surface area contributed by atoms with E-state index in [1.165, 1.54) is 64.5 Å². The second-order valence-corrected chi connectivity index (χ2v) is 6.03.